The third-order valence-corrected chi connectivity index (χ3v) is 4.99. The smallest absolute Gasteiger partial charge is 0.227 e. The fraction of sp³-hybridized carbons (Fsp3) is 0.300. The Bertz CT molecular complexity index is 852. The minimum Gasteiger partial charge on any atom is -0.326 e. The Morgan fingerprint density at radius 1 is 0.889 bits per heavy atom. The molecule has 0 bridgehead atoms. The van der Waals surface area contributed by atoms with Gasteiger partial charge in [-0.1, -0.05) is 17.7 Å². The molecule has 1 aliphatic rings. The van der Waals surface area contributed by atoms with Gasteiger partial charge in [0.15, 0.2) is 0 Å². The van der Waals surface area contributed by atoms with Crippen molar-refractivity contribution in [3.63, 3.8) is 0 Å². The maximum absolute atomic E-state index is 13.7. The molecule has 2 aromatic rings. The fourth-order valence-corrected chi connectivity index (χ4v) is 3.44. The molecule has 1 aliphatic carbocycles. The van der Waals surface area contributed by atoms with E-state index in [1.807, 2.05) is 0 Å². The highest BCUT2D eigenvalue weighted by atomic mass is 35.5. The van der Waals surface area contributed by atoms with E-state index in [9.17, 15) is 18.4 Å². The van der Waals surface area contributed by atoms with Gasteiger partial charge in [-0.25, -0.2) is 8.78 Å². The van der Waals surface area contributed by atoms with Crippen LogP contribution < -0.4 is 10.6 Å². The summed E-state index contributed by atoms with van der Waals surface area (Å²) in [4.78, 5) is 24.7. The van der Waals surface area contributed by atoms with Crippen molar-refractivity contribution in [2.45, 2.75) is 25.7 Å². The summed E-state index contributed by atoms with van der Waals surface area (Å²) in [5.41, 5.74) is 0.598. The van der Waals surface area contributed by atoms with Crippen molar-refractivity contribution < 1.29 is 18.4 Å². The lowest BCUT2D eigenvalue weighted by atomic mass is 9.81. The van der Waals surface area contributed by atoms with Crippen molar-refractivity contribution in [1.82, 2.24) is 0 Å². The van der Waals surface area contributed by atoms with Gasteiger partial charge in [-0.05, 0) is 56.0 Å². The molecule has 0 aliphatic heterocycles. The predicted octanol–water partition coefficient (Wildman–Crippen LogP) is 5.00. The number of hydrogen-bond donors (Lipinski definition) is 2. The molecule has 4 nitrogen and oxygen atoms in total. The van der Waals surface area contributed by atoms with Crippen molar-refractivity contribution in [2.24, 2.45) is 11.8 Å². The zero-order valence-electron chi connectivity index (χ0n) is 14.5. The van der Waals surface area contributed by atoms with E-state index in [1.54, 1.807) is 24.3 Å². The van der Waals surface area contributed by atoms with Crippen molar-refractivity contribution in [3.8, 4) is 0 Å². The van der Waals surface area contributed by atoms with Gasteiger partial charge in [-0.15, -0.1) is 0 Å². The van der Waals surface area contributed by atoms with E-state index in [4.69, 9.17) is 11.6 Å². The van der Waals surface area contributed by atoms with Gasteiger partial charge in [0.05, 0.1) is 5.69 Å². The first-order valence-corrected chi connectivity index (χ1v) is 9.12. The maximum atomic E-state index is 13.7. The summed E-state index contributed by atoms with van der Waals surface area (Å²) in [6, 6.07) is 9.95. The number of rotatable bonds is 4. The van der Waals surface area contributed by atoms with E-state index in [-0.39, 0.29) is 29.3 Å². The Labute approximate surface area is 160 Å². The SMILES string of the molecule is O=C(Nc1cccc(Cl)c1)C1CCC(C(=O)Nc2ccc(F)cc2F)CC1. The van der Waals surface area contributed by atoms with Crippen LogP contribution in [0, 0.1) is 23.5 Å². The van der Waals surface area contributed by atoms with E-state index in [1.165, 1.54) is 6.07 Å². The normalized spacial score (nSPS) is 19.4. The Balaban J connectivity index is 1.52. The van der Waals surface area contributed by atoms with Crippen LogP contribution in [0.25, 0.3) is 0 Å². The average molecular weight is 393 g/mol. The highest BCUT2D eigenvalue weighted by Crippen LogP contribution is 2.31. The first-order chi connectivity index (χ1) is 12.9. The molecule has 2 amide bonds. The van der Waals surface area contributed by atoms with Crippen LogP contribution in [0.3, 0.4) is 0 Å². The van der Waals surface area contributed by atoms with Gasteiger partial charge in [0.1, 0.15) is 11.6 Å². The molecule has 0 aromatic heterocycles. The number of carbonyl (C=O) groups is 2. The van der Waals surface area contributed by atoms with Gasteiger partial charge in [-0.3, -0.25) is 9.59 Å². The quantitative estimate of drug-likeness (QED) is 0.769. The molecule has 0 unspecified atom stereocenters. The molecular formula is C20H19ClF2N2O2. The Morgan fingerprint density at radius 3 is 2.11 bits per heavy atom. The molecule has 27 heavy (non-hydrogen) atoms. The van der Waals surface area contributed by atoms with Gasteiger partial charge in [-0.2, -0.15) is 0 Å². The molecule has 0 saturated heterocycles. The molecule has 0 atom stereocenters. The lowest BCUT2D eigenvalue weighted by Crippen LogP contribution is -2.32. The van der Waals surface area contributed by atoms with E-state index in [2.05, 4.69) is 10.6 Å². The summed E-state index contributed by atoms with van der Waals surface area (Å²) in [5.74, 6) is -2.40. The van der Waals surface area contributed by atoms with E-state index < -0.39 is 11.6 Å². The fourth-order valence-electron chi connectivity index (χ4n) is 3.25. The second kappa shape index (κ2) is 8.48. The summed E-state index contributed by atoms with van der Waals surface area (Å²) >= 11 is 5.91. The monoisotopic (exact) mass is 392 g/mol. The number of amides is 2. The number of benzene rings is 2. The number of anilines is 2. The van der Waals surface area contributed by atoms with Gasteiger partial charge in [0, 0.05) is 28.6 Å². The summed E-state index contributed by atoms with van der Waals surface area (Å²) in [6.45, 7) is 0. The molecule has 1 saturated carbocycles. The highest BCUT2D eigenvalue weighted by Gasteiger charge is 2.30. The van der Waals surface area contributed by atoms with Gasteiger partial charge in [0.2, 0.25) is 11.8 Å². The first kappa shape index (κ1) is 19.3. The van der Waals surface area contributed by atoms with E-state index in [0.29, 0.717) is 36.4 Å². The maximum Gasteiger partial charge on any atom is 0.227 e. The van der Waals surface area contributed by atoms with Gasteiger partial charge in [0.25, 0.3) is 0 Å². The van der Waals surface area contributed by atoms with Crippen molar-refractivity contribution >= 4 is 34.8 Å². The second-order valence-corrected chi connectivity index (χ2v) is 7.10. The molecule has 142 valence electrons. The zero-order valence-corrected chi connectivity index (χ0v) is 15.2. The van der Waals surface area contributed by atoms with Crippen LogP contribution in [0.1, 0.15) is 25.7 Å². The van der Waals surface area contributed by atoms with Gasteiger partial charge >= 0.3 is 0 Å². The third kappa shape index (κ3) is 5.04. The molecule has 0 spiro atoms. The number of halogens is 3. The second-order valence-electron chi connectivity index (χ2n) is 6.66. The van der Waals surface area contributed by atoms with Crippen LogP contribution in [0.5, 0.6) is 0 Å². The lowest BCUT2D eigenvalue weighted by Gasteiger charge is -2.27. The van der Waals surface area contributed by atoms with Crippen LogP contribution in [-0.4, -0.2) is 11.8 Å². The lowest BCUT2D eigenvalue weighted by molar-refractivity contribution is -0.125. The van der Waals surface area contributed by atoms with Crippen LogP contribution in [-0.2, 0) is 9.59 Å². The summed E-state index contributed by atoms with van der Waals surface area (Å²) < 4.78 is 26.6. The van der Waals surface area contributed by atoms with E-state index >= 15 is 0 Å². The third-order valence-electron chi connectivity index (χ3n) is 4.75. The largest absolute Gasteiger partial charge is 0.326 e. The van der Waals surface area contributed by atoms with Crippen LogP contribution in [0.15, 0.2) is 42.5 Å². The molecule has 3 rings (SSSR count). The molecule has 0 radical (unpaired) electrons. The predicted molar refractivity (Wildman–Crippen MR) is 101 cm³/mol. The average Bonchev–Trinajstić information content (AvgIpc) is 2.64. The highest BCUT2D eigenvalue weighted by molar-refractivity contribution is 6.30. The number of nitrogens with one attached hydrogen (secondary N) is 2. The topological polar surface area (TPSA) is 58.2 Å². The molecule has 7 heteroatoms. The Morgan fingerprint density at radius 2 is 1.52 bits per heavy atom. The molecule has 0 heterocycles. The van der Waals surface area contributed by atoms with Crippen molar-refractivity contribution in [1.29, 1.82) is 0 Å². The summed E-state index contributed by atoms with van der Waals surface area (Å²) in [7, 11) is 0. The number of carbonyl (C=O) groups excluding carboxylic acids is 2. The zero-order chi connectivity index (χ0) is 19.4. The Hall–Kier alpha value is -2.47. The van der Waals surface area contributed by atoms with E-state index in [0.717, 1.165) is 12.1 Å². The molecule has 2 N–H and O–H groups in total. The van der Waals surface area contributed by atoms with Crippen LogP contribution in [0.2, 0.25) is 5.02 Å². The Kier molecular flexibility index (Phi) is 6.06. The van der Waals surface area contributed by atoms with Crippen LogP contribution >= 0.6 is 11.6 Å². The van der Waals surface area contributed by atoms with Crippen LogP contribution in [0.4, 0.5) is 20.2 Å². The standard InChI is InChI=1S/C20H19ClF2N2O2/c21-14-2-1-3-16(10-14)24-19(26)12-4-6-13(7-5-12)20(27)25-18-9-8-15(22)11-17(18)23/h1-3,8-13H,4-7H2,(H,24,26)(H,25,27). The van der Waals surface area contributed by atoms with Crippen molar-refractivity contribution in [3.05, 3.63) is 59.1 Å². The van der Waals surface area contributed by atoms with Crippen molar-refractivity contribution in [2.75, 3.05) is 10.6 Å². The molecule has 2 aromatic carbocycles. The summed E-state index contributed by atoms with van der Waals surface area (Å²) in [6.07, 6.45) is 2.19. The van der Waals surface area contributed by atoms with Gasteiger partial charge < -0.3 is 10.6 Å². The first-order valence-electron chi connectivity index (χ1n) is 8.74. The minimum absolute atomic E-state index is 0.0396. The molecule has 1 fully saturated rings. The number of hydrogen-bond acceptors (Lipinski definition) is 2. The minimum atomic E-state index is -0.807. The molecular weight excluding hydrogens is 374 g/mol. The summed E-state index contributed by atoms with van der Waals surface area (Å²) in [5, 5.41) is 5.88.